The van der Waals surface area contributed by atoms with Gasteiger partial charge in [-0.05, 0) is 18.6 Å². The summed E-state index contributed by atoms with van der Waals surface area (Å²) < 4.78 is 0. The van der Waals surface area contributed by atoms with Crippen LogP contribution in [-0.4, -0.2) is 30.6 Å². The van der Waals surface area contributed by atoms with Crippen LogP contribution in [0.1, 0.15) is 12.5 Å². The van der Waals surface area contributed by atoms with Crippen molar-refractivity contribution in [1.82, 2.24) is 0 Å². The van der Waals surface area contributed by atoms with Gasteiger partial charge in [-0.15, -0.1) is 0 Å². The summed E-state index contributed by atoms with van der Waals surface area (Å²) in [6.45, 7) is 3.62. The lowest BCUT2D eigenvalue weighted by molar-refractivity contribution is 0.195. The van der Waals surface area contributed by atoms with E-state index in [0.717, 1.165) is 13.1 Å². The van der Waals surface area contributed by atoms with Crippen molar-refractivity contribution in [1.29, 1.82) is 0 Å². The van der Waals surface area contributed by atoms with Crippen molar-refractivity contribution in [2.75, 3.05) is 18.0 Å². The third-order valence-corrected chi connectivity index (χ3v) is 2.51. The molecule has 0 aromatic heterocycles. The number of aliphatic hydroxyl groups excluding tert-OH is 1. The molecule has 2 rings (SSSR count). The quantitative estimate of drug-likeness (QED) is 0.809. The molecule has 1 aromatic carbocycles. The van der Waals surface area contributed by atoms with Crippen molar-refractivity contribution in [2.45, 2.75) is 19.4 Å². The van der Waals surface area contributed by atoms with Gasteiger partial charge in [0.1, 0.15) is 0 Å². The second-order valence-corrected chi connectivity index (χ2v) is 3.90. The summed E-state index contributed by atoms with van der Waals surface area (Å²) in [5.74, 6) is 0. The number of hydrogen-bond acceptors (Lipinski definition) is 3. The molecular weight excluding hydrogens is 188 g/mol. The second kappa shape index (κ2) is 4.45. The monoisotopic (exact) mass is 204 g/mol. The summed E-state index contributed by atoms with van der Waals surface area (Å²) in [4.78, 5) is 6.34. The van der Waals surface area contributed by atoms with Gasteiger partial charge in [-0.1, -0.05) is 18.2 Å². The van der Waals surface area contributed by atoms with Crippen molar-refractivity contribution in [3.63, 3.8) is 0 Å². The number of aliphatic imine (C=N–C) groups is 1. The molecule has 0 radical (unpaired) electrons. The van der Waals surface area contributed by atoms with Crippen LogP contribution in [0.25, 0.3) is 0 Å². The molecule has 80 valence electrons. The van der Waals surface area contributed by atoms with Crippen LogP contribution < -0.4 is 4.90 Å². The van der Waals surface area contributed by atoms with Crippen molar-refractivity contribution >= 4 is 12.0 Å². The molecule has 1 heterocycles. The normalized spacial score (nSPS) is 17.1. The van der Waals surface area contributed by atoms with Crippen LogP contribution in [0, 0.1) is 0 Å². The molecular formula is C12H16N2O. The largest absolute Gasteiger partial charge is 0.393 e. The molecule has 0 saturated heterocycles. The maximum absolute atomic E-state index is 9.42. The van der Waals surface area contributed by atoms with E-state index >= 15 is 0 Å². The summed E-state index contributed by atoms with van der Waals surface area (Å²) in [6, 6.07) is 8.17. The molecule has 0 aliphatic carbocycles. The van der Waals surface area contributed by atoms with E-state index in [1.54, 1.807) is 0 Å². The lowest BCUT2D eigenvalue weighted by Gasteiger charge is -2.19. The van der Waals surface area contributed by atoms with Crippen LogP contribution in [-0.2, 0) is 6.42 Å². The van der Waals surface area contributed by atoms with Gasteiger partial charge < -0.3 is 10.0 Å². The van der Waals surface area contributed by atoms with Crippen molar-refractivity contribution in [3.8, 4) is 0 Å². The van der Waals surface area contributed by atoms with E-state index in [9.17, 15) is 5.11 Å². The fraction of sp³-hybridized carbons (Fsp3) is 0.417. The Balaban J connectivity index is 2.24. The van der Waals surface area contributed by atoms with E-state index < -0.39 is 0 Å². The zero-order valence-electron chi connectivity index (χ0n) is 8.93. The summed E-state index contributed by atoms with van der Waals surface area (Å²) in [5, 5.41) is 9.42. The second-order valence-electron chi connectivity index (χ2n) is 3.90. The van der Waals surface area contributed by atoms with Crippen molar-refractivity contribution < 1.29 is 5.11 Å². The Morgan fingerprint density at radius 1 is 1.47 bits per heavy atom. The molecule has 1 aliphatic heterocycles. The number of nitrogens with zero attached hydrogens (tertiary/aromatic N) is 2. The summed E-state index contributed by atoms with van der Waals surface area (Å²) in [7, 11) is 0. The average Bonchev–Trinajstić information content (AvgIpc) is 2.70. The van der Waals surface area contributed by atoms with Gasteiger partial charge in [0.15, 0.2) is 0 Å². The lowest BCUT2D eigenvalue weighted by atomic mass is 10.1. The first-order valence-corrected chi connectivity index (χ1v) is 5.30. The minimum absolute atomic E-state index is 0.300. The average molecular weight is 204 g/mol. The Labute approximate surface area is 90.1 Å². The van der Waals surface area contributed by atoms with Crippen LogP contribution in [0.4, 0.5) is 5.69 Å². The molecule has 15 heavy (non-hydrogen) atoms. The van der Waals surface area contributed by atoms with Crippen molar-refractivity contribution in [2.24, 2.45) is 4.99 Å². The van der Waals surface area contributed by atoms with Crippen LogP contribution in [0.2, 0.25) is 0 Å². The maximum Gasteiger partial charge on any atom is 0.0895 e. The number of benzene rings is 1. The molecule has 0 amide bonds. The molecule has 0 saturated carbocycles. The Bertz CT molecular complexity index is 360. The fourth-order valence-electron chi connectivity index (χ4n) is 1.84. The lowest BCUT2D eigenvalue weighted by Crippen LogP contribution is -2.20. The molecule has 1 aromatic rings. The molecule has 0 fully saturated rings. The predicted molar refractivity (Wildman–Crippen MR) is 62.5 cm³/mol. The first kappa shape index (κ1) is 10.2. The predicted octanol–water partition coefficient (Wildman–Crippen LogP) is 1.46. The molecule has 3 heteroatoms. The fourth-order valence-corrected chi connectivity index (χ4v) is 1.84. The SMILES string of the molecule is CC(O)Cc1ccccc1N1C=NCC1. The molecule has 3 nitrogen and oxygen atoms in total. The Kier molecular flexibility index (Phi) is 3.02. The molecule has 1 N–H and O–H groups in total. The summed E-state index contributed by atoms with van der Waals surface area (Å²) >= 11 is 0. The number of hydrogen-bond donors (Lipinski definition) is 1. The minimum Gasteiger partial charge on any atom is -0.393 e. The third kappa shape index (κ3) is 2.36. The van der Waals surface area contributed by atoms with Gasteiger partial charge >= 0.3 is 0 Å². The van der Waals surface area contributed by atoms with E-state index in [2.05, 4.69) is 22.0 Å². The topological polar surface area (TPSA) is 35.8 Å². The standard InChI is InChI=1S/C12H16N2O/c1-10(15)8-11-4-2-3-5-12(11)14-7-6-13-9-14/h2-5,9-10,15H,6-8H2,1H3. The zero-order chi connectivity index (χ0) is 10.7. The first-order chi connectivity index (χ1) is 7.27. The minimum atomic E-state index is -0.300. The highest BCUT2D eigenvalue weighted by Gasteiger charge is 2.12. The van der Waals surface area contributed by atoms with E-state index in [0.29, 0.717) is 6.42 Å². The zero-order valence-corrected chi connectivity index (χ0v) is 8.93. The maximum atomic E-state index is 9.42. The van der Waals surface area contributed by atoms with Crippen LogP contribution in [0.3, 0.4) is 0 Å². The van der Waals surface area contributed by atoms with Gasteiger partial charge in [-0.2, -0.15) is 0 Å². The highest BCUT2D eigenvalue weighted by molar-refractivity contribution is 5.82. The molecule has 0 spiro atoms. The van der Waals surface area contributed by atoms with Gasteiger partial charge in [0.05, 0.1) is 19.0 Å². The Hall–Kier alpha value is -1.35. The smallest absolute Gasteiger partial charge is 0.0895 e. The van der Waals surface area contributed by atoms with Gasteiger partial charge in [0.2, 0.25) is 0 Å². The van der Waals surface area contributed by atoms with Gasteiger partial charge in [0.25, 0.3) is 0 Å². The van der Waals surface area contributed by atoms with E-state index in [1.807, 2.05) is 25.4 Å². The van der Waals surface area contributed by atoms with E-state index in [4.69, 9.17) is 0 Å². The van der Waals surface area contributed by atoms with Crippen LogP contribution >= 0.6 is 0 Å². The Morgan fingerprint density at radius 3 is 2.93 bits per heavy atom. The number of rotatable bonds is 3. The Morgan fingerprint density at radius 2 is 2.27 bits per heavy atom. The van der Waals surface area contributed by atoms with Crippen LogP contribution in [0.5, 0.6) is 0 Å². The van der Waals surface area contributed by atoms with Crippen molar-refractivity contribution in [3.05, 3.63) is 29.8 Å². The van der Waals surface area contributed by atoms with Gasteiger partial charge in [-0.3, -0.25) is 4.99 Å². The highest BCUT2D eigenvalue weighted by atomic mass is 16.3. The number of anilines is 1. The van der Waals surface area contributed by atoms with Crippen LogP contribution in [0.15, 0.2) is 29.3 Å². The van der Waals surface area contributed by atoms with Gasteiger partial charge in [-0.25, -0.2) is 0 Å². The first-order valence-electron chi connectivity index (χ1n) is 5.30. The van der Waals surface area contributed by atoms with Gasteiger partial charge in [0, 0.05) is 18.7 Å². The highest BCUT2D eigenvalue weighted by Crippen LogP contribution is 2.21. The number of para-hydroxylation sites is 1. The number of aliphatic hydroxyl groups is 1. The summed E-state index contributed by atoms with van der Waals surface area (Å²) in [5.41, 5.74) is 2.35. The molecule has 0 bridgehead atoms. The molecule has 1 unspecified atom stereocenters. The van der Waals surface area contributed by atoms with E-state index in [-0.39, 0.29) is 6.10 Å². The summed E-state index contributed by atoms with van der Waals surface area (Å²) in [6.07, 6.45) is 2.27. The molecule has 1 atom stereocenters. The van der Waals surface area contributed by atoms with E-state index in [1.165, 1.54) is 11.3 Å². The third-order valence-electron chi connectivity index (χ3n) is 2.51. The molecule has 1 aliphatic rings.